The summed E-state index contributed by atoms with van der Waals surface area (Å²) in [7, 11) is 0. The number of rotatable bonds is 9. The molecule has 27 heavy (non-hydrogen) atoms. The van der Waals surface area contributed by atoms with Gasteiger partial charge in [-0.3, -0.25) is 0 Å². The molecule has 0 spiro atoms. The van der Waals surface area contributed by atoms with E-state index in [1.165, 1.54) is 0 Å². The second-order valence-electron chi connectivity index (χ2n) is 6.23. The van der Waals surface area contributed by atoms with E-state index in [0.717, 1.165) is 42.4 Å². The highest BCUT2D eigenvalue weighted by Gasteiger charge is 2.19. The Kier molecular flexibility index (Phi) is 7.86. The van der Waals surface area contributed by atoms with Crippen molar-refractivity contribution in [3.8, 4) is 16.9 Å². The number of carbonyl (C=O) groups excluding carboxylic acids is 1. The number of carbonyl (C=O) groups is 2. The first-order chi connectivity index (χ1) is 13.1. The van der Waals surface area contributed by atoms with Gasteiger partial charge in [0.15, 0.2) is 0 Å². The molecular weight excluding hydrogens is 344 g/mol. The van der Waals surface area contributed by atoms with Gasteiger partial charge >= 0.3 is 12.1 Å². The minimum absolute atomic E-state index is 0.291. The van der Waals surface area contributed by atoms with Gasteiger partial charge in [-0.15, -0.1) is 0 Å². The number of hydrogen-bond donors (Lipinski definition) is 1. The summed E-state index contributed by atoms with van der Waals surface area (Å²) < 4.78 is 10.2. The molecule has 0 fully saturated rings. The molecule has 144 valence electrons. The standard InChI is InChI=1S/C22H26O5/c1-3-5-6-7-12-18-16(14-10-15-20(18)27-22(24)25)17-11-8-9-13-19(17)21(23)26-4-2/h8-11,13-15H,3-7,12H2,1-2H3,(H,24,25). The summed E-state index contributed by atoms with van der Waals surface area (Å²) in [6.45, 7) is 4.20. The molecule has 0 aliphatic rings. The first-order valence-corrected chi connectivity index (χ1v) is 9.37. The Morgan fingerprint density at radius 3 is 2.37 bits per heavy atom. The molecule has 2 aromatic rings. The highest BCUT2D eigenvalue weighted by atomic mass is 16.7. The normalized spacial score (nSPS) is 10.4. The highest BCUT2D eigenvalue weighted by Crippen LogP contribution is 2.34. The van der Waals surface area contributed by atoms with Crippen LogP contribution in [-0.2, 0) is 11.2 Å². The molecule has 0 saturated carbocycles. The molecule has 5 nitrogen and oxygen atoms in total. The van der Waals surface area contributed by atoms with E-state index in [1.54, 1.807) is 31.2 Å². The fraction of sp³-hybridized carbons (Fsp3) is 0.364. The van der Waals surface area contributed by atoms with E-state index < -0.39 is 12.1 Å². The molecule has 0 unspecified atom stereocenters. The van der Waals surface area contributed by atoms with E-state index in [-0.39, 0.29) is 0 Å². The zero-order chi connectivity index (χ0) is 19.6. The van der Waals surface area contributed by atoms with Gasteiger partial charge in [0.1, 0.15) is 5.75 Å². The molecule has 0 aliphatic heterocycles. The Hall–Kier alpha value is -2.82. The van der Waals surface area contributed by atoms with Crippen LogP contribution in [0.3, 0.4) is 0 Å². The Morgan fingerprint density at radius 1 is 0.926 bits per heavy atom. The van der Waals surface area contributed by atoms with E-state index in [0.29, 0.717) is 24.3 Å². The van der Waals surface area contributed by atoms with Crippen molar-refractivity contribution >= 4 is 12.1 Å². The van der Waals surface area contributed by atoms with Crippen molar-refractivity contribution in [3.63, 3.8) is 0 Å². The van der Waals surface area contributed by atoms with E-state index >= 15 is 0 Å². The van der Waals surface area contributed by atoms with Gasteiger partial charge in [0.05, 0.1) is 12.2 Å². The lowest BCUT2D eigenvalue weighted by Gasteiger charge is -2.16. The summed E-state index contributed by atoms with van der Waals surface area (Å²) in [5, 5.41) is 9.08. The van der Waals surface area contributed by atoms with E-state index in [9.17, 15) is 9.59 Å². The largest absolute Gasteiger partial charge is 0.511 e. The lowest BCUT2D eigenvalue weighted by Crippen LogP contribution is -2.09. The maximum atomic E-state index is 12.4. The van der Waals surface area contributed by atoms with Crippen LogP contribution >= 0.6 is 0 Å². The van der Waals surface area contributed by atoms with Crippen LogP contribution in [0.25, 0.3) is 11.1 Å². The Balaban J connectivity index is 2.49. The van der Waals surface area contributed by atoms with Crippen LogP contribution in [0.2, 0.25) is 0 Å². The molecule has 2 rings (SSSR count). The molecule has 0 amide bonds. The van der Waals surface area contributed by atoms with Gasteiger partial charge in [0.25, 0.3) is 0 Å². The van der Waals surface area contributed by atoms with E-state index in [4.69, 9.17) is 14.6 Å². The fourth-order valence-corrected chi connectivity index (χ4v) is 3.10. The number of benzene rings is 2. The van der Waals surface area contributed by atoms with Crippen LogP contribution in [0.1, 0.15) is 55.5 Å². The molecule has 2 aromatic carbocycles. The van der Waals surface area contributed by atoms with Crippen molar-refractivity contribution < 1.29 is 24.2 Å². The van der Waals surface area contributed by atoms with Crippen molar-refractivity contribution in [1.29, 1.82) is 0 Å². The minimum Gasteiger partial charge on any atom is -0.462 e. The van der Waals surface area contributed by atoms with Gasteiger partial charge in [-0.2, -0.15) is 0 Å². The van der Waals surface area contributed by atoms with Crippen LogP contribution in [0.5, 0.6) is 5.75 Å². The summed E-state index contributed by atoms with van der Waals surface area (Å²) in [5.41, 5.74) is 2.78. The zero-order valence-corrected chi connectivity index (χ0v) is 15.9. The van der Waals surface area contributed by atoms with E-state index in [1.807, 2.05) is 18.2 Å². The van der Waals surface area contributed by atoms with Crippen LogP contribution < -0.4 is 4.74 Å². The zero-order valence-electron chi connectivity index (χ0n) is 15.9. The first kappa shape index (κ1) is 20.5. The van der Waals surface area contributed by atoms with Gasteiger partial charge in [0.2, 0.25) is 0 Å². The topological polar surface area (TPSA) is 72.8 Å². The minimum atomic E-state index is -1.35. The molecule has 5 heteroatoms. The van der Waals surface area contributed by atoms with Crippen LogP contribution in [0, 0.1) is 0 Å². The van der Waals surface area contributed by atoms with Crippen LogP contribution in [0.4, 0.5) is 4.79 Å². The van der Waals surface area contributed by atoms with Gasteiger partial charge in [-0.25, -0.2) is 9.59 Å². The predicted molar refractivity (Wildman–Crippen MR) is 104 cm³/mol. The lowest BCUT2D eigenvalue weighted by atomic mass is 9.92. The summed E-state index contributed by atoms with van der Waals surface area (Å²) >= 11 is 0. The van der Waals surface area contributed by atoms with Crippen molar-refractivity contribution in [2.45, 2.75) is 46.0 Å². The molecular formula is C22H26O5. The van der Waals surface area contributed by atoms with Crippen molar-refractivity contribution in [2.24, 2.45) is 0 Å². The number of unbranched alkanes of at least 4 members (excludes halogenated alkanes) is 3. The number of carboxylic acid groups (broad SMARTS) is 1. The van der Waals surface area contributed by atoms with E-state index in [2.05, 4.69) is 6.92 Å². The molecule has 1 N–H and O–H groups in total. The van der Waals surface area contributed by atoms with Gasteiger partial charge < -0.3 is 14.6 Å². The van der Waals surface area contributed by atoms with Crippen LogP contribution in [0.15, 0.2) is 42.5 Å². The van der Waals surface area contributed by atoms with Crippen molar-refractivity contribution in [3.05, 3.63) is 53.6 Å². The van der Waals surface area contributed by atoms with Gasteiger partial charge in [0, 0.05) is 5.56 Å². The highest BCUT2D eigenvalue weighted by molar-refractivity contribution is 5.98. The molecule has 0 heterocycles. The maximum absolute atomic E-state index is 12.4. The molecule has 0 bridgehead atoms. The van der Waals surface area contributed by atoms with Crippen molar-refractivity contribution in [2.75, 3.05) is 6.61 Å². The first-order valence-electron chi connectivity index (χ1n) is 9.37. The molecule has 0 saturated heterocycles. The third-order valence-electron chi connectivity index (χ3n) is 4.32. The number of ether oxygens (including phenoxy) is 2. The quantitative estimate of drug-likeness (QED) is 0.348. The number of hydrogen-bond acceptors (Lipinski definition) is 4. The second kappa shape index (κ2) is 10.4. The van der Waals surface area contributed by atoms with Crippen molar-refractivity contribution in [1.82, 2.24) is 0 Å². The summed E-state index contributed by atoms with van der Waals surface area (Å²) in [6.07, 6.45) is 3.54. The second-order valence-corrected chi connectivity index (χ2v) is 6.23. The summed E-state index contributed by atoms with van der Waals surface area (Å²) in [6, 6.07) is 12.5. The average molecular weight is 370 g/mol. The summed E-state index contributed by atoms with van der Waals surface area (Å²) in [5.74, 6) is -0.0789. The lowest BCUT2D eigenvalue weighted by molar-refractivity contribution is 0.0527. The SMILES string of the molecule is CCCCCCc1c(OC(=O)O)cccc1-c1ccccc1C(=O)OCC. The van der Waals surface area contributed by atoms with Gasteiger partial charge in [-0.1, -0.05) is 56.5 Å². The predicted octanol–water partition coefficient (Wildman–Crippen LogP) is 5.71. The Morgan fingerprint density at radius 2 is 1.67 bits per heavy atom. The molecule has 0 aromatic heterocycles. The average Bonchev–Trinajstić information content (AvgIpc) is 2.66. The molecule has 0 radical (unpaired) electrons. The summed E-state index contributed by atoms with van der Waals surface area (Å²) in [4.78, 5) is 23.5. The molecule has 0 aliphatic carbocycles. The third-order valence-corrected chi connectivity index (χ3v) is 4.32. The Labute approximate surface area is 159 Å². The van der Waals surface area contributed by atoms with Crippen LogP contribution in [-0.4, -0.2) is 23.8 Å². The maximum Gasteiger partial charge on any atom is 0.511 e. The number of esters is 1. The van der Waals surface area contributed by atoms with Gasteiger partial charge in [-0.05, 0) is 43.0 Å². The fourth-order valence-electron chi connectivity index (χ4n) is 3.10. The Bertz CT molecular complexity index is 782. The molecule has 0 atom stereocenters. The smallest absolute Gasteiger partial charge is 0.462 e. The third kappa shape index (κ3) is 5.58. The monoisotopic (exact) mass is 370 g/mol.